The Labute approximate surface area is 68.9 Å². The molecule has 0 fully saturated rings. The van der Waals surface area contributed by atoms with Crippen LogP contribution in [0.3, 0.4) is 0 Å². The number of rotatable bonds is 2. The minimum atomic E-state index is -1.89. The summed E-state index contributed by atoms with van der Waals surface area (Å²) in [5.41, 5.74) is 1.17. The number of thiol groups is 1. The minimum Gasteiger partial charge on any atom is -0.285 e. The fourth-order valence-corrected chi connectivity index (χ4v) is 2.11. The summed E-state index contributed by atoms with van der Waals surface area (Å²) >= 11 is 0. The van der Waals surface area contributed by atoms with Crippen molar-refractivity contribution < 1.29 is 4.21 Å². The maximum absolute atomic E-state index is 11.4. The summed E-state index contributed by atoms with van der Waals surface area (Å²) in [5.74, 6) is 0.716. The van der Waals surface area contributed by atoms with Crippen molar-refractivity contribution in [3.05, 3.63) is 35.9 Å². The van der Waals surface area contributed by atoms with Gasteiger partial charge in [0.1, 0.15) is 0 Å². The van der Waals surface area contributed by atoms with Crippen LogP contribution in [-0.4, -0.2) is 16.7 Å². The Morgan fingerprint density at radius 3 is 2.18 bits per heavy atom. The molecule has 0 aliphatic heterocycles. The van der Waals surface area contributed by atoms with Crippen LogP contribution in [0.2, 0.25) is 0 Å². The first-order valence-corrected chi connectivity index (χ1v) is 6.44. The predicted molar refractivity (Wildman–Crippen MR) is 51.5 cm³/mol. The van der Waals surface area contributed by atoms with Crippen LogP contribution >= 0.6 is 0 Å². The van der Waals surface area contributed by atoms with E-state index < -0.39 is 9.93 Å². The second-order valence-corrected chi connectivity index (χ2v) is 6.68. The quantitative estimate of drug-likeness (QED) is 0.665. The van der Waals surface area contributed by atoms with Gasteiger partial charge in [0, 0.05) is 5.75 Å². The van der Waals surface area contributed by atoms with Crippen LogP contribution in [0.5, 0.6) is 0 Å². The highest BCUT2D eigenvalue weighted by Crippen LogP contribution is 2.06. The Hall–Kier alpha value is -0.630. The molecule has 0 saturated carbocycles. The van der Waals surface area contributed by atoms with Gasteiger partial charge in [-0.05, 0) is 18.1 Å². The molecule has 0 N–H and O–H groups in total. The highest BCUT2D eigenvalue weighted by atomic mass is 32.2. The molecule has 0 aromatic heterocycles. The highest BCUT2D eigenvalue weighted by molar-refractivity contribution is 8.00. The van der Waals surface area contributed by atoms with Gasteiger partial charge in [-0.3, -0.25) is 4.21 Å². The van der Waals surface area contributed by atoms with Crippen LogP contribution in [0, 0.1) is 0 Å². The first-order chi connectivity index (χ1) is 5.08. The summed E-state index contributed by atoms with van der Waals surface area (Å²) in [6.07, 6.45) is 3.64. The lowest BCUT2D eigenvalue weighted by Gasteiger charge is -2.10. The second kappa shape index (κ2) is 3.18. The lowest BCUT2D eigenvalue weighted by molar-refractivity contribution is 0.678. The molecule has 2 heteroatoms. The molecule has 1 aromatic rings. The molecule has 0 heterocycles. The summed E-state index contributed by atoms with van der Waals surface area (Å²) in [6, 6.07) is 9.95. The van der Waals surface area contributed by atoms with Crippen molar-refractivity contribution in [2.24, 2.45) is 0 Å². The average Bonchev–Trinajstić information content (AvgIpc) is 1.85. The Bertz CT molecular complexity index is 260. The van der Waals surface area contributed by atoms with Gasteiger partial charge in [0.2, 0.25) is 0 Å². The molecular formula is C9H14OS. The third-order valence-electron chi connectivity index (χ3n) is 1.41. The molecule has 0 aliphatic rings. The molecule has 11 heavy (non-hydrogen) atoms. The normalized spacial score (nSPS) is 12.9. The van der Waals surface area contributed by atoms with E-state index in [1.54, 1.807) is 0 Å². The highest BCUT2D eigenvalue weighted by Gasteiger charge is 2.00. The topological polar surface area (TPSA) is 17.1 Å². The van der Waals surface area contributed by atoms with Gasteiger partial charge in [-0.1, -0.05) is 30.3 Å². The van der Waals surface area contributed by atoms with Crippen LogP contribution < -0.4 is 0 Å². The molecule has 0 saturated heterocycles. The van der Waals surface area contributed by atoms with Crippen LogP contribution in [0.15, 0.2) is 30.3 Å². The van der Waals surface area contributed by atoms with Crippen molar-refractivity contribution in [2.45, 2.75) is 5.75 Å². The maximum atomic E-state index is 11.4. The van der Waals surface area contributed by atoms with E-state index in [4.69, 9.17) is 0 Å². The van der Waals surface area contributed by atoms with Gasteiger partial charge >= 0.3 is 0 Å². The van der Waals surface area contributed by atoms with Gasteiger partial charge in [0.15, 0.2) is 0 Å². The third-order valence-corrected chi connectivity index (χ3v) is 2.53. The first kappa shape index (κ1) is 8.47. The smallest absolute Gasteiger partial charge is 0.0259 e. The molecule has 0 radical (unpaired) electrons. The zero-order valence-electron chi connectivity index (χ0n) is 6.95. The van der Waals surface area contributed by atoms with Gasteiger partial charge in [-0.2, -0.15) is 0 Å². The third kappa shape index (κ3) is 3.33. The van der Waals surface area contributed by atoms with Crippen molar-refractivity contribution in [1.82, 2.24) is 0 Å². The summed E-state index contributed by atoms with van der Waals surface area (Å²) in [7, 11) is -1.89. The van der Waals surface area contributed by atoms with Gasteiger partial charge < -0.3 is 0 Å². The molecule has 0 atom stereocenters. The Morgan fingerprint density at radius 2 is 1.73 bits per heavy atom. The van der Waals surface area contributed by atoms with Crippen LogP contribution in [-0.2, 0) is 15.7 Å². The molecule has 0 spiro atoms. The lowest BCUT2D eigenvalue weighted by Crippen LogP contribution is -2.08. The Balaban J connectivity index is 2.74. The summed E-state index contributed by atoms with van der Waals surface area (Å²) in [5, 5.41) is 0. The van der Waals surface area contributed by atoms with E-state index >= 15 is 0 Å². The molecule has 0 amide bonds. The molecule has 0 bridgehead atoms. The molecular weight excluding hydrogens is 156 g/mol. The van der Waals surface area contributed by atoms with Crippen molar-refractivity contribution >= 4 is 9.93 Å². The van der Waals surface area contributed by atoms with Gasteiger partial charge in [-0.15, -0.1) is 9.93 Å². The summed E-state index contributed by atoms with van der Waals surface area (Å²) in [6.45, 7) is 0. The number of hydrogen-bond acceptors (Lipinski definition) is 1. The predicted octanol–water partition coefficient (Wildman–Crippen LogP) is 1.46. The van der Waals surface area contributed by atoms with Crippen LogP contribution in [0.1, 0.15) is 5.56 Å². The van der Waals surface area contributed by atoms with E-state index in [9.17, 15) is 4.21 Å². The molecule has 62 valence electrons. The van der Waals surface area contributed by atoms with Gasteiger partial charge in [0.05, 0.1) is 0 Å². The largest absolute Gasteiger partial charge is 0.285 e. The van der Waals surface area contributed by atoms with E-state index in [1.807, 2.05) is 42.8 Å². The van der Waals surface area contributed by atoms with Crippen molar-refractivity contribution in [3.8, 4) is 0 Å². The summed E-state index contributed by atoms with van der Waals surface area (Å²) in [4.78, 5) is 0. The van der Waals surface area contributed by atoms with Crippen molar-refractivity contribution in [3.63, 3.8) is 0 Å². The second-order valence-electron chi connectivity index (χ2n) is 3.22. The molecule has 0 aliphatic carbocycles. The molecule has 1 aromatic carbocycles. The molecule has 1 rings (SSSR count). The van der Waals surface area contributed by atoms with Crippen LogP contribution in [0.4, 0.5) is 0 Å². The number of benzene rings is 1. The minimum absolute atomic E-state index is 0.716. The fraction of sp³-hybridized carbons (Fsp3) is 0.333. The van der Waals surface area contributed by atoms with E-state index in [1.165, 1.54) is 5.56 Å². The Morgan fingerprint density at radius 1 is 1.18 bits per heavy atom. The van der Waals surface area contributed by atoms with E-state index in [0.717, 1.165) is 0 Å². The maximum Gasteiger partial charge on any atom is 0.0259 e. The number of hydrogen-bond donors (Lipinski definition) is 1. The van der Waals surface area contributed by atoms with E-state index in [2.05, 4.69) is 0 Å². The van der Waals surface area contributed by atoms with Crippen LogP contribution in [0.25, 0.3) is 0 Å². The fourth-order valence-electron chi connectivity index (χ4n) is 1.02. The average molecular weight is 170 g/mol. The zero-order chi connectivity index (χ0) is 8.32. The zero-order valence-corrected chi connectivity index (χ0v) is 7.84. The van der Waals surface area contributed by atoms with Gasteiger partial charge in [0.25, 0.3) is 0 Å². The standard InChI is InChI=1S/C9H14OS/c1-11(2,10)8-9-6-4-3-5-7-9/h3-7,11H,8H2,1-2H3. The molecule has 0 unspecified atom stereocenters. The molecule has 1 nitrogen and oxygen atoms in total. The van der Waals surface area contributed by atoms with E-state index in [0.29, 0.717) is 5.75 Å². The lowest BCUT2D eigenvalue weighted by atomic mass is 10.2. The first-order valence-electron chi connectivity index (χ1n) is 3.66. The monoisotopic (exact) mass is 170 g/mol. The van der Waals surface area contributed by atoms with Crippen molar-refractivity contribution in [2.75, 3.05) is 12.5 Å². The Kier molecular flexibility index (Phi) is 2.45. The van der Waals surface area contributed by atoms with Crippen molar-refractivity contribution in [1.29, 1.82) is 0 Å². The SMILES string of the molecule is C[SH](C)(=O)Cc1ccccc1. The van der Waals surface area contributed by atoms with E-state index in [-0.39, 0.29) is 0 Å². The summed E-state index contributed by atoms with van der Waals surface area (Å²) < 4.78 is 11.4. The van der Waals surface area contributed by atoms with Gasteiger partial charge in [-0.25, -0.2) is 0 Å².